The zero-order valence-corrected chi connectivity index (χ0v) is 18.5. The number of anilines is 1. The minimum Gasteiger partial charge on any atom is -0.489 e. The number of ether oxygens (including phenoxy) is 1. The third-order valence-corrected chi connectivity index (χ3v) is 8.01. The van der Waals surface area contributed by atoms with Crippen LogP contribution >= 0.6 is 11.6 Å². The predicted molar refractivity (Wildman–Crippen MR) is 117 cm³/mol. The highest BCUT2D eigenvalue weighted by molar-refractivity contribution is 7.89. The lowest BCUT2D eigenvalue weighted by atomic mass is 10.1. The van der Waals surface area contributed by atoms with Crippen molar-refractivity contribution in [3.05, 3.63) is 53.1 Å². The highest BCUT2D eigenvalue weighted by atomic mass is 35.5. The fourth-order valence-corrected chi connectivity index (χ4v) is 6.02. The van der Waals surface area contributed by atoms with Crippen molar-refractivity contribution in [2.45, 2.75) is 43.5 Å². The number of hydrogen-bond acceptors (Lipinski definition) is 4. The van der Waals surface area contributed by atoms with E-state index in [0.29, 0.717) is 31.1 Å². The summed E-state index contributed by atoms with van der Waals surface area (Å²) in [6, 6.07) is 11.6. The largest absolute Gasteiger partial charge is 0.489 e. The van der Waals surface area contributed by atoms with Gasteiger partial charge in [0.15, 0.2) is 0 Å². The number of para-hydroxylation sites is 2. The van der Waals surface area contributed by atoms with Gasteiger partial charge >= 0.3 is 0 Å². The molecule has 6 nitrogen and oxygen atoms in total. The first-order chi connectivity index (χ1) is 14.4. The van der Waals surface area contributed by atoms with Gasteiger partial charge in [0, 0.05) is 18.7 Å². The van der Waals surface area contributed by atoms with Crippen molar-refractivity contribution in [1.82, 2.24) is 4.31 Å². The van der Waals surface area contributed by atoms with E-state index in [2.05, 4.69) is 0 Å². The average Bonchev–Trinajstić information content (AvgIpc) is 3.04. The summed E-state index contributed by atoms with van der Waals surface area (Å²) in [5.74, 6) is 0.359. The van der Waals surface area contributed by atoms with Crippen LogP contribution in [0.2, 0.25) is 5.02 Å². The van der Waals surface area contributed by atoms with Crippen LogP contribution in [-0.2, 0) is 10.0 Å². The molecule has 4 rings (SSSR count). The number of rotatable bonds is 3. The molecule has 2 heterocycles. The summed E-state index contributed by atoms with van der Waals surface area (Å²) in [4.78, 5) is 15.1. The van der Waals surface area contributed by atoms with Crippen molar-refractivity contribution in [1.29, 1.82) is 0 Å². The van der Waals surface area contributed by atoms with Crippen molar-refractivity contribution >= 4 is 33.2 Å². The Morgan fingerprint density at radius 3 is 2.50 bits per heavy atom. The van der Waals surface area contributed by atoms with E-state index in [0.717, 1.165) is 25.7 Å². The van der Waals surface area contributed by atoms with Crippen molar-refractivity contribution in [3.8, 4) is 5.75 Å². The maximum absolute atomic E-state index is 13.4. The van der Waals surface area contributed by atoms with Gasteiger partial charge in [-0.15, -0.1) is 0 Å². The molecule has 30 heavy (non-hydrogen) atoms. The molecule has 0 bridgehead atoms. The van der Waals surface area contributed by atoms with E-state index < -0.39 is 10.0 Å². The number of fused-ring (bicyclic) bond motifs is 1. The van der Waals surface area contributed by atoms with Gasteiger partial charge in [-0.05, 0) is 50.1 Å². The van der Waals surface area contributed by atoms with Gasteiger partial charge < -0.3 is 4.74 Å². The van der Waals surface area contributed by atoms with Crippen LogP contribution in [0, 0.1) is 0 Å². The Labute approximate surface area is 182 Å². The molecular formula is C22H25ClN2O4S. The average molecular weight is 449 g/mol. The van der Waals surface area contributed by atoms with Gasteiger partial charge in [0.2, 0.25) is 10.0 Å². The fourth-order valence-electron chi connectivity index (χ4n) is 4.00. The van der Waals surface area contributed by atoms with Crippen LogP contribution in [0.5, 0.6) is 5.75 Å². The summed E-state index contributed by atoms with van der Waals surface area (Å²) in [5, 5.41) is 0.131. The quantitative estimate of drug-likeness (QED) is 0.700. The van der Waals surface area contributed by atoms with Crippen LogP contribution in [0.25, 0.3) is 0 Å². The first-order valence-electron chi connectivity index (χ1n) is 10.2. The lowest BCUT2D eigenvalue weighted by Crippen LogP contribution is -2.45. The van der Waals surface area contributed by atoms with Crippen LogP contribution in [-0.4, -0.2) is 44.4 Å². The molecule has 0 N–H and O–H groups in total. The molecule has 1 amide bonds. The van der Waals surface area contributed by atoms with Gasteiger partial charge in [-0.3, -0.25) is 9.69 Å². The predicted octanol–water partition coefficient (Wildman–Crippen LogP) is 4.33. The van der Waals surface area contributed by atoms with E-state index in [1.54, 1.807) is 11.0 Å². The van der Waals surface area contributed by atoms with Gasteiger partial charge in [-0.1, -0.05) is 36.6 Å². The lowest BCUT2D eigenvalue weighted by molar-refractivity contribution is 0.0961. The highest BCUT2D eigenvalue weighted by Crippen LogP contribution is 2.35. The second-order valence-corrected chi connectivity index (χ2v) is 10.1. The molecule has 0 saturated carbocycles. The minimum atomic E-state index is -3.77. The van der Waals surface area contributed by atoms with Crippen molar-refractivity contribution in [3.63, 3.8) is 0 Å². The van der Waals surface area contributed by atoms with Gasteiger partial charge in [0.05, 0.1) is 16.8 Å². The molecule has 0 radical (unpaired) electrons. The normalized spacial score (nSPS) is 20.2. The monoisotopic (exact) mass is 448 g/mol. The minimum absolute atomic E-state index is 0.00823. The summed E-state index contributed by atoms with van der Waals surface area (Å²) < 4.78 is 33.8. The molecule has 2 aliphatic rings. The zero-order chi connectivity index (χ0) is 21.3. The van der Waals surface area contributed by atoms with E-state index in [-0.39, 0.29) is 27.4 Å². The van der Waals surface area contributed by atoms with Crippen LogP contribution in [0.1, 0.15) is 43.0 Å². The highest BCUT2D eigenvalue weighted by Gasteiger charge is 2.32. The third-order valence-electron chi connectivity index (χ3n) is 5.63. The molecule has 2 aliphatic heterocycles. The number of benzene rings is 2. The summed E-state index contributed by atoms with van der Waals surface area (Å²) in [6.45, 7) is 3.23. The number of carbonyl (C=O) groups excluding carboxylic acids is 1. The molecule has 2 aromatic carbocycles. The van der Waals surface area contributed by atoms with Crippen LogP contribution in [0.15, 0.2) is 47.4 Å². The van der Waals surface area contributed by atoms with E-state index in [9.17, 15) is 13.2 Å². The van der Waals surface area contributed by atoms with Crippen LogP contribution in [0.4, 0.5) is 5.69 Å². The summed E-state index contributed by atoms with van der Waals surface area (Å²) >= 11 is 6.29. The Balaban J connectivity index is 1.71. The number of nitrogens with zero attached hydrogens (tertiary/aromatic N) is 2. The summed E-state index contributed by atoms with van der Waals surface area (Å²) in [6.07, 6.45) is 3.70. The van der Waals surface area contributed by atoms with Gasteiger partial charge in [0.25, 0.3) is 5.91 Å². The first kappa shape index (κ1) is 21.2. The van der Waals surface area contributed by atoms with E-state index >= 15 is 0 Å². The molecule has 1 saturated heterocycles. The van der Waals surface area contributed by atoms with Gasteiger partial charge in [-0.25, -0.2) is 8.42 Å². The lowest BCUT2D eigenvalue weighted by Gasteiger charge is -2.35. The molecular weight excluding hydrogens is 424 g/mol. The molecule has 160 valence electrons. The molecule has 2 aromatic rings. The summed E-state index contributed by atoms with van der Waals surface area (Å²) in [7, 11) is -3.77. The maximum Gasteiger partial charge on any atom is 0.258 e. The maximum atomic E-state index is 13.4. The van der Waals surface area contributed by atoms with E-state index in [4.69, 9.17) is 16.3 Å². The zero-order valence-electron chi connectivity index (χ0n) is 16.9. The molecule has 0 unspecified atom stereocenters. The molecule has 1 fully saturated rings. The Hall–Kier alpha value is -2.09. The molecule has 1 atom stereocenters. The van der Waals surface area contributed by atoms with E-state index in [1.807, 2.05) is 31.2 Å². The number of amides is 1. The Bertz CT molecular complexity index is 1050. The number of carbonyl (C=O) groups is 1. The second-order valence-electron chi connectivity index (χ2n) is 7.77. The Morgan fingerprint density at radius 2 is 1.77 bits per heavy atom. The standard InChI is InChI=1S/C22H25ClN2O4S/c1-16-15-29-20-9-5-4-8-19(20)25(16)22(26)17-10-11-18(23)21(14-17)30(27,28)24-12-6-2-3-7-13-24/h4-5,8-11,14,16H,2-3,6-7,12-13,15H2,1H3/t16-/m1/s1. The molecule has 0 spiro atoms. The van der Waals surface area contributed by atoms with E-state index in [1.165, 1.54) is 16.4 Å². The van der Waals surface area contributed by atoms with Crippen LogP contribution in [0.3, 0.4) is 0 Å². The third kappa shape index (κ3) is 3.94. The Kier molecular flexibility index (Phi) is 6.04. The number of sulfonamides is 1. The van der Waals surface area contributed by atoms with Gasteiger partial charge in [-0.2, -0.15) is 4.31 Å². The van der Waals surface area contributed by atoms with Gasteiger partial charge in [0.1, 0.15) is 17.3 Å². The Morgan fingerprint density at radius 1 is 1.07 bits per heavy atom. The van der Waals surface area contributed by atoms with Crippen LogP contribution < -0.4 is 9.64 Å². The first-order valence-corrected chi connectivity index (χ1v) is 12.1. The number of hydrogen-bond donors (Lipinski definition) is 0. The van der Waals surface area contributed by atoms with Crippen molar-refractivity contribution in [2.75, 3.05) is 24.6 Å². The number of halogens is 1. The smallest absolute Gasteiger partial charge is 0.258 e. The van der Waals surface area contributed by atoms with Crippen molar-refractivity contribution < 1.29 is 17.9 Å². The molecule has 8 heteroatoms. The molecule has 0 aromatic heterocycles. The van der Waals surface area contributed by atoms with Crippen molar-refractivity contribution in [2.24, 2.45) is 0 Å². The fraction of sp³-hybridized carbons (Fsp3) is 0.409. The second kappa shape index (κ2) is 8.57. The SMILES string of the molecule is C[C@@H]1COc2ccccc2N1C(=O)c1ccc(Cl)c(S(=O)(=O)N2CCCCCC2)c1. The topological polar surface area (TPSA) is 66.9 Å². The summed E-state index contributed by atoms with van der Waals surface area (Å²) in [5.41, 5.74) is 0.962. The molecule has 0 aliphatic carbocycles.